The topological polar surface area (TPSA) is 70.2 Å². The molecule has 1 aromatic heterocycles. The summed E-state index contributed by atoms with van der Waals surface area (Å²) in [5, 5.41) is 10.2. The van der Waals surface area contributed by atoms with Crippen LogP contribution in [0, 0.1) is 0 Å². The van der Waals surface area contributed by atoms with Crippen molar-refractivity contribution < 1.29 is 9.90 Å². The number of hydrogen-bond acceptors (Lipinski definition) is 2. The molecule has 0 unspecified atom stereocenters. The average molecular weight is 245 g/mol. The lowest BCUT2D eigenvalue weighted by atomic mass is 9.85. The van der Waals surface area contributed by atoms with Crippen LogP contribution in [0.5, 0.6) is 0 Å². The average Bonchev–Trinajstić information content (AvgIpc) is 2.27. The third-order valence-corrected chi connectivity index (χ3v) is 2.96. The zero-order valence-electron chi connectivity index (χ0n) is 10.6. The molecule has 0 atom stereocenters. The van der Waals surface area contributed by atoms with Crippen LogP contribution in [0.4, 0.5) is 0 Å². The number of carbonyl (C=O) groups is 1. The maximum atomic E-state index is 11.8. The molecule has 0 aliphatic rings. The predicted molar refractivity (Wildman–Crippen MR) is 70.2 cm³/mol. The van der Waals surface area contributed by atoms with E-state index >= 15 is 0 Å². The molecule has 1 heterocycles. The molecule has 0 aliphatic heterocycles. The molecule has 1 aromatic carbocycles. The second kappa shape index (κ2) is 3.98. The summed E-state index contributed by atoms with van der Waals surface area (Å²) in [6, 6.07) is 4.65. The number of pyridine rings is 1. The molecule has 0 radical (unpaired) electrons. The first-order valence-corrected chi connectivity index (χ1v) is 5.70. The Morgan fingerprint density at radius 1 is 1.22 bits per heavy atom. The molecular formula is C14H15NO3. The van der Waals surface area contributed by atoms with Gasteiger partial charge in [-0.3, -0.25) is 4.79 Å². The smallest absolute Gasteiger partial charge is 0.335 e. The molecule has 94 valence electrons. The number of aromatic carboxylic acids is 1. The molecule has 2 N–H and O–H groups in total. The molecule has 0 bridgehead atoms. The Morgan fingerprint density at radius 2 is 1.89 bits per heavy atom. The monoisotopic (exact) mass is 245 g/mol. The van der Waals surface area contributed by atoms with Crippen LogP contribution in [0.3, 0.4) is 0 Å². The van der Waals surface area contributed by atoms with Gasteiger partial charge in [-0.05, 0) is 28.5 Å². The van der Waals surface area contributed by atoms with Crippen molar-refractivity contribution in [3.8, 4) is 0 Å². The molecular weight excluding hydrogens is 230 g/mol. The van der Waals surface area contributed by atoms with Gasteiger partial charge in [-0.15, -0.1) is 0 Å². The van der Waals surface area contributed by atoms with Gasteiger partial charge in [-0.2, -0.15) is 0 Å². The first-order chi connectivity index (χ1) is 8.30. The SMILES string of the molecule is CC(C)(C)c1c[nH]c(=O)c2cc(C(=O)O)ccc12. The summed E-state index contributed by atoms with van der Waals surface area (Å²) in [6.07, 6.45) is 1.70. The predicted octanol–water partition coefficient (Wildman–Crippen LogP) is 2.52. The number of fused-ring (bicyclic) bond motifs is 1. The quantitative estimate of drug-likeness (QED) is 0.811. The van der Waals surface area contributed by atoms with Crippen LogP contribution >= 0.6 is 0 Å². The Morgan fingerprint density at radius 3 is 2.44 bits per heavy atom. The van der Waals surface area contributed by atoms with Crippen molar-refractivity contribution in [2.45, 2.75) is 26.2 Å². The standard InChI is InChI=1S/C14H15NO3/c1-14(2,3)11-7-15-12(16)10-6-8(13(17)18)4-5-9(10)11/h4-7H,1-3H3,(H,15,16)(H,17,18). The molecule has 0 spiro atoms. The summed E-state index contributed by atoms with van der Waals surface area (Å²) in [5.74, 6) is -1.03. The number of H-pyrrole nitrogens is 1. The van der Waals surface area contributed by atoms with Crippen molar-refractivity contribution in [3.63, 3.8) is 0 Å². The molecule has 0 aliphatic carbocycles. The van der Waals surface area contributed by atoms with Crippen LogP contribution in [0.1, 0.15) is 36.7 Å². The van der Waals surface area contributed by atoms with Crippen molar-refractivity contribution in [3.05, 3.63) is 45.9 Å². The lowest BCUT2D eigenvalue weighted by Gasteiger charge is -2.20. The third-order valence-electron chi connectivity index (χ3n) is 2.96. The summed E-state index contributed by atoms with van der Waals surface area (Å²) < 4.78 is 0. The fourth-order valence-corrected chi connectivity index (χ4v) is 2.01. The van der Waals surface area contributed by atoms with Crippen LogP contribution in [-0.4, -0.2) is 16.1 Å². The Kier molecular flexibility index (Phi) is 2.73. The molecule has 0 saturated heterocycles. The van der Waals surface area contributed by atoms with Crippen LogP contribution < -0.4 is 5.56 Å². The van der Waals surface area contributed by atoms with Crippen LogP contribution in [0.15, 0.2) is 29.2 Å². The number of carboxylic acid groups (broad SMARTS) is 1. The molecule has 4 heteroatoms. The number of carboxylic acids is 1. The largest absolute Gasteiger partial charge is 0.478 e. The minimum atomic E-state index is -1.03. The zero-order valence-corrected chi connectivity index (χ0v) is 10.6. The first-order valence-electron chi connectivity index (χ1n) is 5.70. The Hall–Kier alpha value is -2.10. The van der Waals surface area contributed by atoms with Crippen LogP contribution in [0.2, 0.25) is 0 Å². The maximum Gasteiger partial charge on any atom is 0.335 e. The van der Waals surface area contributed by atoms with Crippen molar-refractivity contribution in [2.24, 2.45) is 0 Å². The lowest BCUT2D eigenvalue weighted by Crippen LogP contribution is -2.17. The molecule has 2 aromatic rings. The lowest BCUT2D eigenvalue weighted by molar-refractivity contribution is 0.0697. The third kappa shape index (κ3) is 2.01. The van der Waals surface area contributed by atoms with Crippen LogP contribution in [0.25, 0.3) is 10.8 Å². The highest BCUT2D eigenvalue weighted by Gasteiger charge is 2.18. The van der Waals surface area contributed by atoms with E-state index in [-0.39, 0.29) is 16.5 Å². The van der Waals surface area contributed by atoms with Gasteiger partial charge in [0.1, 0.15) is 0 Å². The van der Waals surface area contributed by atoms with Gasteiger partial charge >= 0.3 is 5.97 Å². The fourth-order valence-electron chi connectivity index (χ4n) is 2.01. The van der Waals surface area contributed by atoms with Gasteiger partial charge < -0.3 is 10.1 Å². The minimum absolute atomic E-state index is 0.118. The first kappa shape index (κ1) is 12.4. The van der Waals surface area contributed by atoms with E-state index in [1.165, 1.54) is 12.1 Å². The number of nitrogens with one attached hydrogen (secondary N) is 1. The molecule has 0 amide bonds. The summed E-state index contributed by atoms with van der Waals surface area (Å²) in [5.41, 5.74) is 0.738. The number of aromatic amines is 1. The second-order valence-corrected chi connectivity index (χ2v) is 5.35. The highest BCUT2D eigenvalue weighted by Crippen LogP contribution is 2.28. The van der Waals surface area contributed by atoms with Crippen molar-refractivity contribution in [1.29, 1.82) is 0 Å². The molecule has 0 fully saturated rings. The molecule has 0 saturated carbocycles. The fraction of sp³-hybridized carbons (Fsp3) is 0.286. The molecule has 18 heavy (non-hydrogen) atoms. The van der Waals surface area contributed by atoms with E-state index in [0.29, 0.717) is 5.39 Å². The highest BCUT2D eigenvalue weighted by atomic mass is 16.4. The molecule has 4 nitrogen and oxygen atoms in total. The number of benzene rings is 1. The van der Waals surface area contributed by atoms with E-state index in [1.54, 1.807) is 12.3 Å². The summed E-state index contributed by atoms with van der Waals surface area (Å²) >= 11 is 0. The maximum absolute atomic E-state index is 11.8. The Balaban J connectivity index is 2.85. The molecule has 2 rings (SSSR count). The summed E-state index contributed by atoms with van der Waals surface area (Å²) in [4.78, 5) is 25.4. The Bertz CT molecular complexity index is 677. The minimum Gasteiger partial charge on any atom is -0.478 e. The zero-order chi connectivity index (χ0) is 13.5. The van der Waals surface area contributed by atoms with Gasteiger partial charge in [0.25, 0.3) is 5.56 Å². The highest BCUT2D eigenvalue weighted by molar-refractivity contribution is 5.95. The number of rotatable bonds is 1. The Labute approximate surface area is 104 Å². The summed E-state index contributed by atoms with van der Waals surface area (Å²) in [7, 11) is 0. The van der Waals surface area contributed by atoms with Gasteiger partial charge in [0.05, 0.1) is 5.56 Å². The van der Waals surface area contributed by atoms with Gasteiger partial charge in [-0.1, -0.05) is 26.8 Å². The number of aromatic nitrogens is 1. The van der Waals surface area contributed by atoms with E-state index in [0.717, 1.165) is 10.9 Å². The van der Waals surface area contributed by atoms with Gasteiger partial charge in [0, 0.05) is 11.6 Å². The van der Waals surface area contributed by atoms with Crippen molar-refractivity contribution >= 4 is 16.7 Å². The van der Waals surface area contributed by atoms with Gasteiger partial charge in [0.2, 0.25) is 0 Å². The van der Waals surface area contributed by atoms with E-state index < -0.39 is 5.97 Å². The number of hydrogen-bond donors (Lipinski definition) is 2. The van der Waals surface area contributed by atoms with E-state index in [1.807, 2.05) is 20.8 Å². The van der Waals surface area contributed by atoms with Gasteiger partial charge in [0.15, 0.2) is 0 Å². The van der Waals surface area contributed by atoms with Crippen LogP contribution in [-0.2, 0) is 5.41 Å². The summed E-state index contributed by atoms with van der Waals surface area (Å²) in [6.45, 7) is 6.14. The van der Waals surface area contributed by atoms with E-state index in [2.05, 4.69) is 4.98 Å². The van der Waals surface area contributed by atoms with Gasteiger partial charge in [-0.25, -0.2) is 4.79 Å². The van der Waals surface area contributed by atoms with E-state index in [4.69, 9.17) is 5.11 Å². The second-order valence-electron chi connectivity index (χ2n) is 5.35. The van der Waals surface area contributed by atoms with Crippen molar-refractivity contribution in [1.82, 2.24) is 4.98 Å². The van der Waals surface area contributed by atoms with Crippen molar-refractivity contribution in [2.75, 3.05) is 0 Å². The van der Waals surface area contributed by atoms with E-state index in [9.17, 15) is 9.59 Å². The normalized spacial score (nSPS) is 11.7.